The molecule has 3 aromatic rings. The van der Waals surface area contributed by atoms with Crippen LogP contribution in [0.5, 0.6) is 0 Å². The Hall–Kier alpha value is -2.11. The van der Waals surface area contributed by atoms with Crippen LogP contribution in [0.3, 0.4) is 0 Å². The summed E-state index contributed by atoms with van der Waals surface area (Å²) in [5.41, 5.74) is 3.54. The fourth-order valence-corrected chi connectivity index (χ4v) is 3.42. The summed E-state index contributed by atoms with van der Waals surface area (Å²) in [6, 6.07) is 8.69. The number of fused-ring (bicyclic) bond motifs is 1. The Bertz CT molecular complexity index is 842. The van der Waals surface area contributed by atoms with Crippen molar-refractivity contribution in [3.63, 3.8) is 0 Å². The fourth-order valence-electron chi connectivity index (χ4n) is 2.30. The molecule has 2 heterocycles. The molecule has 2 amide bonds. The number of aryl methyl sites for hydroxylation is 2. The molecule has 0 aliphatic heterocycles. The van der Waals surface area contributed by atoms with E-state index in [1.54, 1.807) is 24.3 Å². The molecule has 4 nitrogen and oxygen atoms in total. The van der Waals surface area contributed by atoms with Crippen LogP contribution in [0.25, 0.3) is 10.2 Å². The van der Waals surface area contributed by atoms with E-state index >= 15 is 0 Å². The molecular weight excluding hydrogens is 318 g/mol. The summed E-state index contributed by atoms with van der Waals surface area (Å²) in [5.74, 6) is 0. The molecule has 2 N–H and O–H groups in total. The number of carbonyl (C=O) groups excluding carboxylic acids is 1. The number of amides is 2. The number of nitrogens with zero attached hydrogens (tertiary/aromatic N) is 1. The molecule has 0 radical (unpaired) electrons. The molecule has 0 bridgehead atoms. The highest BCUT2D eigenvalue weighted by molar-refractivity contribution is 7.17. The van der Waals surface area contributed by atoms with Gasteiger partial charge in [0.05, 0.1) is 5.69 Å². The number of nitrogens with one attached hydrogen (secondary N) is 2. The third kappa shape index (κ3) is 3.05. The molecule has 0 fully saturated rings. The van der Waals surface area contributed by atoms with Crippen LogP contribution in [-0.2, 0) is 0 Å². The predicted octanol–water partition coefficient (Wildman–Crippen LogP) is 5.21. The maximum Gasteiger partial charge on any atom is 0.323 e. The fraction of sp³-hybridized carbons (Fsp3) is 0.125. The van der Waals surface area contributed by atoms with Crippen LogP contribution in [-0.4, -0.2) is 11.0 Å². The first kappa shape index (κ1) is 14.8. The van der Waals surface area contributed by atoms with Gasteiger partial charge in [0, 0.05) is 27.2 Å². The first-order valence-electron chi connectivity index (χ1n) is 6.72. The molecule has 0 spiro atoms. The monoisotopic (exact) mass is 331 g/mol. The molecule has 0 atom stereocenters. The molecule has 6 heteroatoms. The number of carbonyl (C=O) groups is 1. The summed E-state index contributed by atoms with van der Waals surface area (Å²) in [4.78, 5) is 17.5. The second kappa shape index (κ2) is 5.94. The van der Waals surface area contributed by atoms with E-state index in [2.05, 4.69) is 15.6 Å². The summed E-state index contributed by atoms with van der Waals surface area (Å²) in [7, 11) is 0. The number of thiophene rings is 1. The quantitative estimate of drug-likeness (QED) is 0.677. The van der Waals surface area contributed by atoms with E-state index in [-0.39, 0.29) is 6.03 Å². The highest BCUT2D eigenvalue weighted by Gasteiger charge is 2.11. The van der Waals surface area contributed by atoms with Crippen molar-refractivity contribution in [2.75, 3.05) is 10.6 Å². The van der Waals surface area contributed by atoms with E-state index in [4.69, 9.17) is 11.6 Å². The van der Waals surface area contributed by atoms with Crippen molar-refractivity contribution in [2.24, 2.45) is 0 Å². The number of rotatable bonds is 2. The number of pyridine rings is 1. The van der Waals surface area contributed by atoms with Gasteiger partial charge in [-0.15, -0.1) is 11.3 Å². The van der Waals surface area contributed by atoms with Crippen LogP contribution in [0, 0.1) is 13.8 Å². The number of hydrogen-bond acceptors (Lipinski definition) is 3. The standard InChI is InChI=1S/C16H14ClN3OS/c1-9-7-10(2)18-15-14(9)13(8-22-15)20-16(21)19-12-5-3-11(17)4-6-12/h3-8H,1-2H3,(H2,19,20,21). The van der Waals surface area contributed by atoms with Crippen molar-refractivity contribution in [1.29, 1.82) is 0 Å². The van der Waals surface area contributed by atoms with Gasteiger partial charge in [0.25, 0.3) is 0 Å². The van der Waals surface area contributed by atoms with Crippen molar-refractivity contribution < 1.29 is 4.79 Å². The number of hydrogen-bond donors (Lipinski definition) is 2. The van der Waals surface area contributed by atoms with Crippen LogP contribution in [0.2, 0.25) is 5.02 Å². The van der Waals surface area contributed by atoms with Crippen LogP contribution < -0.4 is 10.6 Å². The van der Waals surface area contributed by atoms with E-state index in [1.165, 1.54) is 11.3 Å². The molecule has 2 aromatic heterocycles. The summed E-state index contributed by atoms with van der Waals surface area (Å²) in [6.45, 7) is 3.98. The minimum absolute atomic E-state index is 0.290. The second-order valence-electron chi connectivity index (χ2n) is 5.00. The number of anilines is 2. The van der Waals surface area contributed by atoms with Crippen LogP contribution in [0.15, 0.2) is 35.7 Å². The maximum absolute atomic E-state index is 12.1. The Morgan fingerprint density at radius 2 is 1.91 bits per heavy atom. The molecule has 0 saturated heterocycles. The normalized spacial score (nSPS) is 10.7. The molecule has 22 heavy (non-hydrogen) atoms. The Balaban J connectivity index is 1.81. The lowest BCUT2D eigenvalue weighted by atomic mass is 10.1. The Kier molecular flexibility index (Phi) is 4.00. The molecule has 1 aromatic carbocycles. The summed E-state index contributed by atoms with van der Waals surface area (Å²) < 4.78 is 0. The number of benzene rings is 1. The third-order valence-corrected chi connectivity index (χ3v) is 4.34. The second-order valence-corrected chi connectivity index (χ2v) is 6.29. The van der Waals surface area contributed by atoms with Gasteiger partial charge < -0.3 is 10.6 Å². The zero-order chi connectivity index (χ0) is 15.7. The van der Waals surface area contributed by atoms with Crippen LogP contribution in [0.4, 0.5) is 16.2 Å². The first-order chi connectivity index (χ1) is 10.5. The minimum atomic E-state index is -0.290. The van der Waals surface area contributed by atoms with Gasteiger partial charge >= 0.3 is 6.03 Å². The van der Waals surface area contributed by atoms with Crippen molar-refractivity contribution in [1.82, 2.24) is 4.98 Å². The number of aromatic nitrogens is 1. The summed E-state index contributed by atoms with van der Waals surface area (Å²) >= 11 is 7.35. The molecule has 0 aliphatic carbocycles. The van der Waals surface area contributed by atoms with Gasteiger partial charge in [0.2, 0.25) is 0 Å². The van der Waals surface area contributed by atoms with Crippen molar-refractivity contribution >= 4 is 50.6 Å². The van der Waals surface area contributed by atoms with Gasteiger partial charge in [-0.2, -0.15) is 0 Å². The molecule has 0 aliphatic rings. The highest BCUT2D eigenvalue weighted by Crippen LogP contribution is 2.32. The van der Waals surface area contributed by atoms with E-state index in [0.29, 0.717) is 10.7 Å². The topological polar surface area (TPSA) is 54.0 Å². The van der Waals surface area contributed by atoms with E-state index in [9.17, 15) is 4.79 Å². The SMILES string of the molecule is Cc1cc(C)c2c(NC(=O)Nc3ccc(Cl)cc3)csc2n1. The van der Waals surface area contributed by atoms with E-state index < -0.39 is 0 Å². The zero-order valence-electron chi connectivity index (χ0n) is 12.1. The third-order valence-electron chi connectivity index (χ3n) is 3.22. The molecule has 0 unspecified atom stereocenters. The average Bonchev–Trinajstić information content (AvgIpc) is 2.84. The van der Waals surface area contributed by atoms with E-state index in [0.717, 1.165) is 27.2 Å². The highest BCUT2D eigenvalue weighted by atomic mass is 35.5. The van der Waals surface area contributed by atoms with Gasteiger partial charge in [-0.05, 0) is 49.7 Å². The summed E-state index contributed by atoms with van der Waals surface area (Å²) in [6.07, 6.45) is 0. The maximum atomic E-state index is 12.1. The number of urea groups is 1. The van der Waals surface area contributed by atoms with Gasteiger partial charge in [0.15, 0.2) is 0 Å². The lowest BCUT2D eigenvalue weighted by Gasteiger charge is -2.08. The molecular formula is C16H14ClN3OS. The minimum Gasteiger partial charge on any atom is -0.308 e. The van der Waals surface area contributed by atoms with Crippen molar-refractivity contribution in [2.45, 2.75) is 13.8 Å². The van der Waals surface area contributed by atoms with Gasteiger partial charge in [-0.1, -0.05) is 11.6 Å². The molecule has 3 rings (SSSR count). The Morgan fingerprint density at radius 3 is 2.64 bits per heavy atom. The predicted molar refractivity (Wildman–Crippen MR) is 93.2 cm³/mol. The largest absolute Gasteiger partial charge is 0.323 e. The van der Waals surface area contributed by atoms with Gasteiger partial charge in [0.1, 0.15) is 4.83 Å². The van der Waals surface area contributed by atoms with E-state index in [1.807, 2.05) is 25.3 Å². The van der Waals surface area contributed by atoms with Crippen LogP contribution >= 0.6 is 22.9 Å². The average molecular weight is 332 g/mol. The lowest BCUT2D eigenvalue weighted by molar-refractivity contribution is 0.262. The number of halogens is 1. The van der Waals surface area contributed by atoms with Crippen molar-refractivity contribution in [3.05, 3.63) is 52.0 Å². The zero-order valence-corrected chi connectivity index (χ0v) is 13.7. The Labute approximate surface area is 137 Å². The molecule has 112 valence electrons. The van der Waals surface area contributed by atoms with Crippen LogP contribution in [0.1, 0.15) is 11.3 Å². The van der Waals surface area contributed by atoms with Gasteiger partial charge in [-0.3, -0.25) is 0 Å². The smallest absolute Gasteiger partial charge is 0.308 e. The first-order valence-corrected chi connectivity index (χ1v) is 7.98. The van der Waals surface area contributed by atoms with Crippen molar-refractivity contribution in [3.8, 4) is 0 Å². The van der Waals surface area contributed by atoms with Gasteiger partial charge in [-0.25, -0.2) is 9.78 Å². The Morgan fingerprint density at radius 1 is 1.18 bits per heavy atom. The summed E-state index contributed by atoms with van der Waals surface area (Å²) in [5, 5.41) is 9.18. The molecule has 0 saturated carbocycles. The lowest BCUT2D eigenvalue weighted by Crippen LogP contribution is -2.19.